The quantitative estimate of drug-likeness (QED) is 0.771. The minimum atomic E-state index is -0.566. The average molecular weight is 252 g/mol. The van der Waals surface area contributed by atoms with Gasteiger partial charge >= 0.3 is 6.09 Å². The average Bonchev–Trinajstić information content (AvgIpc) is 2.82. The van der Waals surface area contributed by atoms with Crippen molar-refractivity contribution in [3.05, 3.63) is 23.5 Å². The van der Waals surface area contributed by atoms with Crippen LogP contribution in [-0.4, -0.2) is 22.2 Å². The molecule has 18 heavy (non-hydrogen) atoms. The molecular weight excluding hydrogens is 232 g/mol. The van der Waals surface area contributed by atoms with Crippen molar-refractivity contribution in [3.8, 4) is 0 Å². The summed E-state index contributed by atoms with van der Waals surface area (Å²) in [5.41, 5.74) is 0.647. The molecule has 1 amide bonds. The molecule has 5 heteroatoms. The van der Waals surface area contributed by atoms with Crippen molar-refractivity contribution in [2.24, 2.45) is 0 Å². The van der Waals surface area contributed by atoms with Crippen LogP contribution in [0.2, 0.25) is 0 Å². The highest BCUT2D eigenvalue weighted by Gasteiger charge is 2.28. The van der Waals surface area contributed by atoms with Crippen LogP contribution < -0.4 is 5.32 Å². The van der Waals surface area contributed by atoms with Crippen molar-refractivity contribution < 1.29 is 14.3 Å². The largest absolute Gasteiger partial charge is 0.443 e. The van der Waals surface area contributed by atoms with Crippen molar-refractivity contribution in [3.63, 3.8) is 0 Å². The number of aromatic nitrogens is 1. The normalized spacial score (nSPS) is 13.3. The van der Waals surface area contributed by atoms with Gasteiger partial charge in [-0.15, -0.1) is 0 Å². The smallest absolute Gasteiger partial charge is 0.419 e. The molecule has 1 aromatic rings. The minimum Gasteiger partial charge on any atom is -0.443 e. The lowest BCUT2D eigenvalue weighted by atomic mass is 10.2. The molecule has 1 aliphatic heterocycles. The number of nitrogens with zero attached hydrogens (tertiary/aromatic N) is 1. The summed E-state index contributed by atoms with van der Waals surface area (Å²) in [6.45, 7) is 9.84. The van der Waals surface area contributed by atoms with E-state index in [1.165, 1.54) is 4.57 Å². The van der Waals surface area contributed by atoms with Gasteiger partial charge < -0.3 is 10.1 Å². The van der Waals surface area contributed by atoms with Crippen LogP contribution in [0.25, 0.3) is 0 Å². The van der Waals surface area contributed by atoms with Crippen LogP contribution in [0, 0.1) is 0 Å². The third-order valence-electron chi connectivity index (χ3n) is 2.21. The Balaban J connectivity index is 0.000000771. The summed E-state index contributed by atoms with van der Waals surface area (Å²) >= 11 is 0. The third-order valence-corrected chi connectivity index (χ3v) is 2.21. The van der Waals surface area contributed by atoms with E-state index in [0.717, 1.165) is 5.56 Å². The lowest BCUT2D eigenvalue weighted by Gasteiger charge is -2.19. The number of rotatable bonds is 0. The van der Waals surface area contributed by atoms with E-state index in [-0.39, 0.29) is 5.91 Å². The molecule has 0 atom stereocenters. The van der Waals surface area contributed by atoms with Crippen molar-refractivity contribution in [2.45, 2.75) is 46.8 Å². The van der Waals surface area contributed by atoms with E-state index in [4.69, 9.17) is 4.74 Å². The Bertz CT molecular complexity index is 455. The van der Waals surface area contributed by atoms with Crippen LogP contribution in [-0.2, 0) is 11.3 Å². The number of carbonyl (C=O) groups is 2. The standard InChI is InChI=1S/C11H14N2O3.C2H6/c1-11(2,3)16-10(15)13-5-4-7-6-12-9(14)8(7)13;1-2/h4-5H,6H2,1-3H3,(H,12,14);1-2H3. The molecule has 0 saturated carbocycles. The number of fused-ring (bicyclic) bond motifs is 1. The zero-order valence-electron chi connectivity index (χ0n) is 11.5. The van der Waals surface area contributed by atoms with Crippen molar-refractivity contribution in [2.75, 3.05) is 0 Å². The molecule has 0 fully saturated rings. The summed E-state index contributed by atoms with van der Waals surface area (Å²) in [6, 6.07) is 1.75. The Morgan fingerprint density at radius 3 is 2.56 bits per heavy atom. The first-order valence-corrected chi connectivity index (χ1v) is 6.10. The highest BCUT2D eigenvalue weighted by atomic mass is 16.6. The monoisotopic (exact) mass is 252 g/mol. The zero-order valence-corrected chi connectivity index (χ0v) is 11.5. The number of hydrogen-bond donors (Lipinski definition) is 1. The summed E-state index contributed by atoms with van der Waals surface area (Å²) in [6.07, 6.45) is 1.04. The van der Waals surface area contributed by atoms with Gasteiger partial charge in [-0.05, 0) is 26.8 Å². The van der Waals surface area contributed by atoms with Crippen LogP contribution in [0.3, 0.4) is 0 Å². The first kappa shape index (κ1) is 14.3. The summed E-state index contributed by atoms with van der Waals surface area (Å²) < 4.78 is 6.45. The van der Waals surface area contributed by atoms with E-state index in [9.17, 15) is 9.59 Å². The molecule has 5 nitrogen and oxygen atoms in total. The molecule has 1 aromatic heterocycles. The van der Waals surface area contributed by atoms with Crippen molar-refractivity contribution in [1.29, 1.82) is 0 Å². The zero-order chi connectivity index (χ0) is 13.9. The van der Waals surface area contributed by atoms with Crippen LogP contribution in [0.5, 0.6) is 0 Å². The first-order valence-electron chi connectivity index (χ1n) is 6.10. The second kappa shape index (κ2) is 5.25. The van der Waals surface area contributed by atoms with E-state index in [1.54, 1.807) is 33.0 Å². The number of ether oxygens (including phenoxy) is 1. The Hall–Kier alpha value is -1.78. The maximum Gasteiger partial charge on any atom is 0.419 e. The fraction of sp³-hybridized carbons (Fsp3) is 0.538. The van der Waals surface area contributed by atoms with Gasteiger partial charge in [0.15, 0.2) is 0 Å². The highest BCUT2D eigenvalue weighted by Crippen LogP contribution is 2.18. The molecule has 0 aromatic carbocycles. The van der Waals surface area contributed by atoms with Gasteiger partial charge in [-0.1, -0.05) is 13.8 Å². The fourth-order valence-electron chi connectivity index (χ4n) is 1.59. The van der Waals surface area contributed by atoms with Gasteiger partial charge in [0, 0.05) is 18.3 Å². The van der Waals surface area contributed by atoms with Gasteiger partial charge in [-0.3, -0.25) is 4.79 Å². The molecule has 2 heterocycles. The second-order valence-electron chi connectivity index (χ2n) is 4.72. The predicted molar refractivity (Wildman–Crippen MR) is 68.6 cm³/mol. The summed E-state index contributed by atoms with van der Waals surface area (Å²) in [5.74, 6) is -0.231. The number of hydrogen-bond acceptors (Lipinski definition) is 3. The fourth-order valence-corrected chi connectivity index (χ4v) is 1.59. The first-order chi connectivity index (χ1) is 8.38. The van der Waals surface area contributed by atoms with Crippen molar-refractivity contribution >= 4 is 12.0 Å². The van der Waals surface area contributed by atoms with E-state index in [0.29, 0.717) is 12.2 Å². The van der Waals surface area contributed by atoms with Gasteiger partial charge in [0.2, 0.25) is 0 Å². The van der Waals surface area contributed by atoms with E-state index in [1.807, 2.05) is 13.8 Å². The van der Waals surface area contributed by atoms with Crippen molar-refractivity contribution in [1.82, 2.24) is 9.88 Å². The highest BCUT2D eigenvalue weighted by molar-refractivity contribution is 5.99. The maximum absolute atomic E-state index is 11.8. The number of carbonyl (C=O) groups excluding carboxylic acids is 2. The molecular formula is C13H20N2O3. The van der Waals surface area contributed by atoms with Gasteiger partial charge in [0.25, 0.3) is 5.91 Å². The molecule has 0 spiro atoms. The van der Waals surface area contributed by atoms with Gasteiger partial charge in [0.1, 0.15) is 11.3 Å². The third kappa shape index (κ3) is 2.91. The molecule has 1 aliphatic rings. The molecule has 0 unspecified atom stereocenters. The van der Waals surface area contributed by atoms with Crippen LogP contribution in [0.1, 0.15) is 50.7 Å². The van der Waals surface area contributed by atoms with Gasteiger partial charge in [0.05, 0.1) is 0 Å². The Kier molecular flexibility index (Phi) is 4.16. The molecule has 1 N–H and O–H groups in total. The topological polar surface area (TPSA) is 60.3 Å². The second-order valence-corrected chi connectivity index (χ2v) is 4.72. The van der Waals surface area contributed by atoms with E-state index < -0.39 is 11.7 Å². The van der Waals surface area contributed by atoms with Gasteiger partial charge in [-0.2, -0.15) is 0 Å². The molecule has 0 radical (unpaired) electrons. The summed E-state index contributed by atoms with van der Waals surface area (Å²) in [7, 11) is 0. The molecule has 0 saturated heterocycles. The summed E-state index contributed by atoms with van der Waals surface area (Å²) in [4.78, 5) is 23.3. The lowest BCUT2D eigenvalue weighted by Crippen LogP contribution is -2.29. The molecule has 100 valence electrons. The SMILES string of the molecule is CC.CC(C)(C)OC(=O)n1ccc2c1C(=O)NC2. The molecule has 0 bridgehead atoms. The number of amides is 1. The Morgan fingerprint density at radius 2 is 2.00 bits per heavy atom. The van der Waals surface area contributed by atoms with Crippen LogP contribution >= 0.6 is 0 Å². The van der Waals surface area contributed by atoms with E-state index in [2.05, 4.69) is 5.32 Å². The summed E-state index contributed by atoms with van der Waals surface area (Å²) in [5, 5.41) is 2.66. The Labute approximate surface area is 107 Å². The lowest BCUT2D eigenvalue weighted by molar-refractivity contribution is 0.0528. The van der Waals surface area contributed by atoms with E-state index >= 15 is 0 Å². The minimum absolute atomic E-state index is 0.231. The van der Waals surface area contributed by atoms with Crippen LogP contribution in [0.4, 0.5) is 4.79 Å². The molecule has 2 rings (SSSR count). The predicted octanol–water partition coefficient (Wildman–Crippen LogP) is 2.54. The number of nitrogens with one attached hydrogen (secondary N) is 1. The van der Waals surface area contributed by atoms with Crippen LogP contribution in [0.15, 0.2) is 12.3 Å². The Morgan fingerprint density at radius 1 is 1.39 bits per heavy atom. The molecule has 0 aliphatic carbocycles. The van der Waals surface area contributed by atoms with Gasteiger partial charge in [-0.25, -0.2) is 9.36 Å². The maximum atomic E-state index is 11.8.